The van der Waals surface area contributed by atoms with Gasteiger partial charge in [0.2, 0.25) is 10.0 Å². The molecule has 0 amide bonds. The second-order valence-corrected chi connectivity index (χ2v) is 9.37. The van der Waals surface area contributed by atoms with Crippen molar-refractivity contribution < 1.29 is 21.6 Å². The quantitative estimate of drug-likeness (QED) is 0.353. The van der Waals surface area contributed by atoms with E-state index in [-0.39, 0.29) is 5.75 Å². The van der Waals surface area contributed by atoms with Crippen molar-refractivity contribution in [1.82, 2.24) is 9.97 Å². The number of anilines is 1. The second kappa shape index (κ2) is 8.74. The molecule has 33 heavy (non-hydrogen) atoms. The van der Waals surface area contributed by atoms with Crippen LogP contribution in [0.4, 0.5) is 18.9 Å². The SMILES string of the molecule is CCS(=O)(=O)Nc1ccccc1-c1ccc2[nH]c(/C=C/c3ccc(C(F)(F)F)cc3)nc2c1. The van der Waals surface area contributed by atoms with E-state index in [4.69, 9.17) is 0 Å². The Morgan fingerprint density at radius 2 is 1.73 bits per heavy atom. The van der Waals surface area contributed by atoms with Crippen LogP contribution in [0.5, 0.6) is 0 Å². The molecule has 0 unspecified atom stereocenters. The average molecular weight is 472 g/mol. The molecule has 0 atom stereocenters. The molecule has 4 rings (SSSR count). The van der Waals surface area contributed by atoms with E-state index >= 15 is 0 Å². The summed E-state index contributed by atoms with van der Waals surface area (Å²) in [5.41, 5.74) is 3.36. The van der Waals surface area contributed by atoms with E-state index in [1.54, 1.807) is 31.2 Å². The summed E-state index contributed by atoms with van der Waals surface area (Å²) in [6.07, 6.45) is -1.01. The zero-order valence-electron chi connectivity index (χ0n) is 17.5. The van der Waals surface area contributed by atoms with Gasteiger partial charge in [0.1, 0.15) is 5.82 Å². The average Bonchev–Trinajstić information content (AvgIpc) is 3.20. The lowest BCUT2D eigenvalue weighted by atomic mass is 10.0. The van der Waals surface area contributed by atoms with Crippen LogP contribution in [0.2, 0.25) is 0 Å². The summed E-state index contributed by atoms with van der Waals surface area (Å²) in [4.78, 5) is 7.68. The maximum Gasteiger partial charge on any atom is 0.416 e. The largest absolute Gasteiger partial charge is 0.416 e. The van der Waals surface area contributed by atoms with Crippen molar-refractivity contribution in [2.75, 3.05) is 10.5 Å². The molecule has 9 heteroatoms. The monoisotopic (exact) mass is 471 g/mol. The van der Waals surface area contributed by atoms with Gasteiger partial charge >= 0.3 is 6.18 Å². The maximum atomic E-state index is 12.7. The van der Waals surface area contributed by atoms with Gasteiger partial charge in [-0.15, -0.1) is 0 Å². The third kappa shape index (κ3) is 5.25. The molecule has 0 bridgehead atoms. The van der Waals surface area contributed by atoms with Crippen molar-refractivity contribution in [3.05, 3.63) is 83.7 Å². The first-order valence-corrected chi connectivity index (χ1v) is 11.7. The Balaban J connectivity index is 1.61. The number of nitrogens with zero attached hydrogens (tertiary/aromatic N) is 1. The predicted molar refractivity (Wildman–Crippen MR) is 125 cm³/mol. The van der Waals surface area contributed by atoms with Gasteiger partial charge in [-0.2, -0.15) is 13.2 Å². The van der Waals surface area contributed by atoms with Crippen LogP contribution in [0.3, 0.4) is 0 Å². The highest BCUT2D eigenvalue weighted by atomic mass is 32.2. The normalized spacial score (nSPS) is 12.5. The molecule has 3 aromatic carbocycles. The predicted octanol–water partition coefficient (Wildman–Crippen LogP) is 6.18. The van der Waals surface area contributed by atoms with Crippen molar-refractivity contribution >= 4 is 38.9 Å². The maximum absolute atomic E-state index is 12.7. The lowest BCUT2D eigenvalue weighted by Crippen LogP contribution is -2.15. The molecule has 0 saturated heterocycles. The molecule has 1 heterocycles. The first kappa shape index (κ1) is 22.6. The van der Waals surface area contributed by atoms with E-state index in [0.717, 1.165) is 28.8 Å². The van der Waals surface area contributed by atoms with Crippen LogP contribution in [-0.2, 0) is 16.2 Å². The van der Waals surface area contributed by atoms with Crippen molar-refractivity contribution in [3.63, 3.8) is 0 Å². The van der Waals surface area contributed by atoms with E-state index in [1.807, 2.05) is 30.3 Å². The van der Waals surface area contributed by atoms with E-state index in [9.17, 15) is 21.6 Å². The van der Waals surface area contributed by atoms with E-state index in [0.29, 0.717) is 22.6 Å². The van der Waals surface area contributed by atoms with Crippen LogP contribution in [0.15, 0.2) is 66.7 Å². The number of nitrogens with one attached hydrogen (secondary N) is 2. The molecule has 0 aliphatic carbocycles. The summed E-state index contributed by atoms with van der Waals surface area (Å²) < 4.78 is 64.8. The van der Waals surface area contributed by atoms with Crippen molar-refractivity contribution in [2.24, 2.45) is 0 Å². The minimum atomic E-state index is -4.37. The number of para-hydroxylation sites is 1. The fourth-order valence-electron chi connectivity index (χ4n) is 3.29. The molecule has 4 aromatic rings. The summed E-state index contributed by atoms with van der Waals surface area (Å²) in [6, 6.07) is 17.5. The molecule has 170 valence electrons. The van der Waals surface area contributed by atoms with Gasteiger partial charge < -0.3 is 4.98 Å². The third-order valence-corrected chi connectivity index (χ3v) is 6.35. The van der Waals surface area contributed by atoms with E-state index in [2.05, 4.69) is 14.7 Å². The molecule has 0 radical (unpaired) electrons. The molecule has 2 N–H and O–H groups in total. The Kier molecular flexibility index (Phi) is 5.99. The van der Waals surface area contributed by atoms with Gasteiger partial charge in [0, 0.05) is 5.56 Å². The minimum Gasteiger partial charge on any atom is -0.338 e. The smallest absolute Gasteiger partial charge is 0.338 e. The van der Waals surface area contributed by atoms with Gasteiger partial charge in [0.15, 0.2) is 0 Å². The number of imidazole rings is 1. The number of hydrogen-bond acceptors (Lipinski definition) is 3. The number of aromatic nitrogens is 2. The summed E-state index contributed by atoms with van der Waals surface area (Å²) in [5.74, 6) is 0.510. The molecular formula is C24H20F3N3O2S. The minimum absolute atomic E-state index is 0.0334. The first-order valence-electron chi connectivity index (χ1n) is 10.1. The van der Waals surface area contributed by atoms with Gasteiger partial charge in [0.25, 0.3) is 0 Å². The highest BCUT2D eigenvalue weighted by Crippen LogP contribution is 2.31. The summed E-state index contributed by atoms with van der Waals surface area (Å²) in [6.45, 7) is 1.57. The molecule has 0 spiro atoms. The Morgan fingerprint density at radius 3 is 2.42 bits per heavy atom. The molecule has 0 saturated carbocycles. The molecule has 5 nitrogen and oxygen atoms in total. The highest BCUT2D eigenvalue weighted by Gasteiger charge is 2.29. The number of rotatable bonds is 6. The van der Waals surface area contributed by atoms with Gasteiger partial charge in [-0.3, -0.25) is 4.72 Å². The van der Waals surface area contributed by atoms with Gasteiger partial charge in [-0.25, -0.2) is 13.4 Å². The van der Waals surface area contributed by atoms with Crippen LogP contribution in [0.1, 0.15) is 23.9 Å². The van der Waals surface area contributed by atoms with Crippen LogP contribution in [0, 0.1) is 0 Å². The Labute approximate surface area is 189 Å². The summed E-state index contributed by atoms with van der Waals surface area (Å²) in [5, 5.41) is 0. The number of H-pyrrole nitrogens is 1. The second-order valence-electron chi connectivity index (χ2n) is 7.36. The first-order chi connectivity index (χ1) is 15.6. The van der Waals surface area contributed by atoms with Crippen LogP contribution >= 0.6 is 0 Å². The molecular weight excluding hydrogens is 451 g/mol. The molecule has 0 aliphatic heterocycles. The highest BCUT2D eigenvalue weighted by molar-refractivity contribution is 7.92. The van der Waals surface area contributed by atoms with Gasteiger partial charge in [-0.05, 0) is 54.5 Å². The Bertz CT molecular complexity index is 1420. The molecule has 1 aromatic heterocycles. The zero-order valence-corrected chi connectivity index (χ0v) is 18.3. The third-order valence-electron chi connectivity index (χ3n) is 5.06. The number of benzene rings is 3. The fraction of sp³-hybridized carbons (Fsp3) is 0.125. The number of hydrogen-bond donors (Lipinski definition) is 2. The van der Waals surface area contributed by atoms with Crippen LogP contribution in [0.25, 0.3) is 34.3 Å². The van der Waals surface area contributed by atoms with Crippen LogP contribution in [-0.4, -0.2) is 24.1 Å². The molecule has 0 aliphatic rings. The number of fused-ring (bicyclic) bond motifs is 1. The van der Waals surface area contributed by atoms with Crippen LogP contribution < -0.4 is 4.72 Å². The number of aromatic amines is 1. The van der Waals surface area contributed by atoms with Gasteiger partial charge in [-0.1, -0.05) is 42.5 Å². The standard InChI is InChI=1S/C24H20F3N3O2S/c1-2-33(31,32)30-20-6-4-3-5-19(20)17-10-13-21-22(15-17)29-23(28-21)14-9-16-7-11-18(12-8-16)24(25,26)27/h3-15,30H,2H2,1H3,(H,28,29)/b14-9+. The summed E-state index contributed by atoms with van der Waals surface area (Å²) >= 11 is 0. The summed E-state index contributed by atoms with van der Waals surface area (Å²) in [7, 11) is -3.43. The molecule has 0 fully saturated rings. The van der Waals surface area contributed by atoms with E-state index < -0.39 is 21.8 Å². The Morgan fingerprint density at radius 1 is 1.00 bits per heavy atom. The van der Waals surface area contributed by atoms with Gasteiger partial charge in [0.05, 0.1) is 28.0 Å². The number of halogens is 3. The number of sulfonamides is 1. The van der Waals surface area contributed by atoms with Crippen molar-refractivity contribution in [3.8, 4) is 11.1 Å². The Hall–Kier alpha value is -3.59. The van der Waals surface area contributed by atoms with E-state index in [1.165, 1.54) is 12.1 Å². The van der Waals surface area contributed by atoms with Crippen molar-refractivity contribution in [2.45, 2.75) is 13.1 Å². The lowest BCUT2D eigenvalue weighted by molar-refractivity contribution is -0.137. The zero-order chi connectivity index (χ0) is 23.6. The topological polar surface area (TPSA) is 74.8 Å². The van der Waals surface area contributed by atoms with Crippen molar-refractivity contribution in [1.29, 1.82) is 0 Å². The lowest BCUT2D eigenvalue weighted by Gasteiger charge is -2.11. The number of alkyl halides is 3. The fourth-order valence-corrected chi connectivity index (χ4v) is 3.95.